The summed E-state index contributed by atoms with van der Waals surface area (Å²) in [5.74, 6) is -1.03. The first-order chi connectivity index (χ1) is 10.1. The Morgan fingerprint density at radius 1 is 1.38 bits per heavy atom. The van der Waals surface area contributed by atoms with Crippen LogP contribution in [0.15, 0.2) is 29.2 Å². The van der Waals surface area contributed by atoms with Crippen molar-refractivity contribution in [1.29, 1.82) is 0 Å². The molecular weight excluding hydrogens is 272 g/mol. The number of carboxylic acid groups (broad SMARTS) is 1. The Balaban J connectivity index is 1.68. The van der Waals surface area contributed by atoms with Gasteiger partial charge in [-0.15, -0.1) is 5.10 Å². The quantitative estimate of drug-likeness (QED) is 0.875. The van der Waals surface area contributed by atoms with E-state index < -0.39 is 5.97 Å². The first-order valence-corrected chi connectivity index (χ1v) is 7.14. The highest BCUT2D eigenvalue weighted by Gasteiger charge is 2.25. The number of aliphatic carboxylic acids is 1. The molecular formula is C14H18N4O3. The summed E-state index contributed by atoms with van der Waals surface area (Å²) in [4.78, 5) is 25.3. The molecule has 1 atom stereocenters. The van der Waals surface area contributed by atoms with Gasteiger partial charge in [0.25, 0.3) is 0 Å². The van der Waals surface area contributed by atoms with E-state index in [9.17, 15) is 9.59 Å². The van der Waals surface area contributed by atoms with Gasteiger partial charge in [0.2, 0.25) is 0 Å². The van der Waals surface area contributed by atoms with Crippen LogP contribution in [0.25, 0.3) is 5.65 Å². The van der Waals surface area contributed by atoms with E-state index in [1.165, 1.54) is 9.08 Å². The highest BCUT2D eigenvalue weighted by Crippen LogP contribution is 2.16. The molecule has 0 spiro atoms. The molecule has 21 heavy (non-hydrogen) atoms. The van der Waals surface area contributed by atoms with Gasteiger partial charge in [-0.1, -0.05) is 6.07 Å². The van der Waals surface area contributed by atoms with Gasteiger partial charge in [0, 0.05) is 19.3 Å². The van der Waals surface area contributed by atoms with Crippen molar-refractivity contribution in [3.63, 3.8) is 0 Å². The van der Waals surface area contributed by atoms with E-state index >= 15 is 0 Å². The Morgan fingerprint density at radius 3 is 3.00 bits per heavy atom. The van der Waals surface area contributed by atoms with Crippen molar-refractivity contribution in [2.75, 3.05) is 19.6 Å². The number of carbonyl (C=O) groups is 1. The zero-order valence-corrected chi connectivity index (χ0v) is 11.7. The lowest BCUT2D eigenvalue weighted by molar-refractivity contribution is -0.143. The maximum atomic E-state index is 12.1. The van der Waals surface area contributed by atoms with E-state index in [-0.39, 0.29) is 11.6 Å². The summed E-state index contributed by atoms with van der Waals surface area (Å²) < 4.78 is 2.95. The molecule has 0 radical (unpaired) electrons. The number of rotatable bonds is 4. The Bertz CT molecular complexity index is 706. The summed E-state index contributed by atoms with van der Waals surface area (Å²) in [5.41, 5.74) is 0.474. The molecule has 0 bridgehead atoms. The molecule has 1 aliphatic heterocycles. The second-order valence-electron chi connectivity index (χ2n) is 5.41. The summed E-state index contributed by atoms with van der Waals surface area (Å²) in [6.45, 7) is 2.56. The van der Waals surface area contributed by atoms with Crippen molar-refractivity contribution in [2.45, 2.75) is 19.4 Å². The minimum Gasteiger partial charge on any atom is -0.481 e. The van der Waals surface area contributed by atoms with Crippen LogP contribution >= 0.6 is 0 Å². The van der Waals surface area contributed by atoms with E-state index in [0.29, 0.717) is 25.3 Å². The van der Waals surface area contributed by atoms with Gasteiger partial charge in [-0.2, -0.15) is 0 Å². The first kappa shape index (κ1) is 13.8. The van der Waals surface area contributed by atoms with Gasteiger partial charge in [0.1, 0.15) is 0 Å². The SMILES string of the molecule is O=C(O)C1CCCN(CCn2nc3ccccn3c2=O)C1. The Labute approximate surface area is 121 Å². The highest BCUT2D eigenvalue weighted by atomic mass is 16.4. The van der Waals surface area contributed by atoms with E-state index in [2.05, 4.69) is 10.00 Å². The zero-order chi connectivity index (χ0) is 14.8. The lowest BCUT2D eigenvalue weighted by Gasteiger charge is -2.30. The smallest absolute Gasteiger partial charge is 0.350 e. The molecule has 3 rings (SSSR count). The molecule has 112 valence electrons. The van der Waals surface area contributed by atoms with Crippen LogP contribution in [0.3, 0.4) is 0 Å². The molecule has 0 aromatic carbocycles. The molecule has 1 aliphatic rings. The minimum absolute atomic E-state index is 0.155. The van der Waals surface area contributed by atoms with E-state index in [1.54, 1.807) is 18.3 Å². The normalized spacial score (nSPS) is 19.9. The highest BCUT2D eigenvalue weighted by molar-refractivity contribution is 5.70. The van der Waals surface area contributed by atoms with Gasteiger partial charge in [-0.3, -0.25) is 9.20 Å². The van der Waals surface area contributed by atoms with Crippen LogP contribution < -0.4 is 5.69 Å². The lowest BCUT2D eigenvalue weighted by Crippen LogP contribution is -2.41. The molecule has 2 aromatic heterocycles. The number of hydrogen-bond acceptors (Lipinski definition) is 4. The van der Waals surface area contributed by atoms with Gasteiger partial charge < -0.3 is 10.0 Å². The summed E-state index contributed by atoms with van der Waals surface area (Å²) in [7, 11) is 0. The standard InChI is InChI=1S/C14H18N4O3/c19-13(20)11-4-3-6-16(10-11)8-9-18-14(21)17-7-2-1-5-12(17)15-18/h1-2,5,7,11H,3-4,6,8-10H2,(H,19,20). The molecule has 7 heteroatoms. The van der Waals surface area contributed by atoms with Gasteiger partial charge in [0.05, 0.1) is 12.5 Å². The van der Waals surface area contributed by atoms with Gasteiger partial charge >= 0.3 is 11.7 Å². The second-order valence-corrected chi connectivity index (χ2v) is 5.41. The largest absolute Gasteiger partial charge is 0.481 e. The molecule has 1 unspecified atom stereocenters. The molecule has 0 saturated carbocycles. The number of carboxylic acids is 1. The van der Waals surface area contributed by atoms with Gasteiger partial charge in [0.15, 0.2) is 5.65 Å². The maximum Gasteiger partial charge on any atom is 0.350 e. The van der Waals surface area contributed by atoms with Crippen LogP contribution in [0.1, 0.15) is 12.8 Å². The number of nitrogens with zero attached hydrogens (tertiary/aromatic N) is 4. The van der Waals surface area contributed by atoms with E-state index in [0.717, 1.165) is 19.4 Å². The monoisotopic (exact) mass is 290 g/mol. The number of hydrogen-bond donors (Lipinski definition) is 1. The third kappa shape index (κ3) is 2.82. The summed E-state index contributed by atoms with van der Waals surface area (Å²) in [6, 6.07) is 5.43. The van der Waals surface area contributed by atoms with E-state index in [4.69, 9.17) is 5.11 Å². The van der Waals surface area contributed by atoms with Crippen LogP contribution in [0, 0.1) is 5.92 Å². The van der Waals surface area contributed by atoms with Crippen molar-refractivity contribution in [3.05, 3.63) is 34.9 Å². The molecule has 7 nitrogen and oxygen atoms in total. The molecule has 1 saturated heterocycles. The molecule has 1 fully saturated rings. The molecule has 0 amide bonds. The Kier molecular flexibility index (Phi) is 3.74. The number of piperidine rings is 1. The summed E-state index contributed by atoms with van der Waals surface area (Å²) in [5, 5.41) is 13.4. The predicted molar refractivity (Wildman–Crippen MR) is 76.3 cm³/mol. The number of likely N-dealkylation sites (tertiary alicyclic amines) is 1. The maximum absolute atomic E-state index is 12.1. The van der Waals surface area contributed by atoms with Crippen molar-refractivity contribution < 1.29 is 9.90 Å². The summed E-state index contributed by atoms with van der Waals surface area (Å²) in [6.07, 6.45) is 3.32. The number of fused-ring (bicyclic) bond motifs is 1. The third-order valence-corrected chi connectivity index (χ3v) is 3.97. The van der Waals surface area contributed by atoms with Gasteiger partial charge in [-0.25, -0.2) is 9.48 Å². The number of pyridine rings is 1. The minimum atomic E-state index is -0.732. The third-order valence-electron chi connectivity index (χ3n) is 3.97. The fourth-order valence-corrected chi connectivity index (χ4v) is 2.81. The van der Waals surface area contributed by atoms with Crippen molar-refractivity contribution in [3.8, 4) is 0 Å². The molecule has 2 aromatic rings. The molecule has 3 heterocycles. The average molecular weight is 290 g/mol. The van der Waals surface area contributed by atoms with Crippen molar-refractivity contribution in [1.82, 2.24) is 19.1 Å². The first-order valence-electron chi connectivity index (χ1n) is 7.14. The number of aromatic nitrogens is 3. The van der Waals surface area contributed by atoms with Crippen LogP contribution in [0.2, 0.25) is 0 Å². The van der Waals surface area contributed by atoms with Crippen LogP contribution in [0.4, 0.5) is 0 Å². The fraction of sp³-hybridized carbons (Fsp3) is 0.500. The topological polar surface area (TPSA) is 79.8 Å². The second kappa shape index (κ2) is 5.69. The van der Waals surface area contributed by atoms with Crippen LogP contribution in [-0.4, -0.2) is 49.8 Å². The molecule has 1 N–H and O–H groups in total. The molecule has 0 aliphatic carbocycles. The fourth-order valence-electron chi connectivity index (χ4n) is 2.81. The van der Waals surface area contributed by atoms with Gasteiger partial charge in [-0.05, 0) is 31.5 Å². The predicted octanol–water partition coefficient (Wildman–Crippen LogP) is 0.293. The van der Waals surface area contributed by atoms with E-state index in [1.807, 2.05) is 6.07 Å². The Hall–Kier alpha value is -2.15. The van der Waals surface area contributed by atoms with Crippen molar-refractivity contribution >= 4 is 11.6 Å². The van der Waals surface area contributed by atoms with Crippen molar-refractivity contribution in [2.24, 2.45) is 5.92 Å². The Morgan fingerprint density at radius 2 is 2.24 bits per heavy atom. The average Bonchev–Trinajstić information content (AvgIpc) is 2.82. The zero-order valence-electron chi connectivity index (χ0n) is 11.7. The van der Waals surface area contributed by atoms with Crippen LogP contribution in [0.5, 0.6) is 0 Å². The summed E-state index contributed by atoms with van der Waals surface area (Å²) >= 11 is 0. The lowest BCUT2D eigenvalue weighted by atomic mass is 9.98. The van der Waals surface area contributed by atoms with Crippen LogP contribution in [-0.2, 0) is 11.3 Å².